The van der Waals surface area contributed by atoms with E-state index in [1.54, 1.807) is 0 Å². The van der Waals surface area contributed by atoms with Crippen molar-refractivity contribution in [2.24, 2.45) is 23.2 Å². The zero-order chi connectivity index (χ0) is 14.1. The van der Waals surface area contributed by atoms with E-state index in [2.05, 4.69) is 20.8 Å². The minimum atomic E-state index is -1.06. The quantitative estimate of drug-likeness (QED) is 0.814. The third kappa shape index (κ3) is 2.87. The van der Waals surface area contributed by atoms with E-state index in [0.29, 0.717) is 6.42 Å². The number of hydrogen-bond donors (Lipinski definition) is 2. The Morgan fingerprint density at radius 3 is 2.22 bits per heavy atom. The summed E-state index contributed by atoms with van der Waals surface area (Å²) in [4.78, 5) is 11.6. The third-order valence-corrected chi connectivity index (χ3v) is 4.44. The van der Waals surface area contributed by atoms with E-state index < -0.39 is 17.5 Å². The number of carboxylic acid groups (broad SMARTS) is 1. The Bertz CT molecular complexity index is 303. The Morgan fingerprint density at radius 1 is 1.28 bits per heavy atom. The van der Waals surface area contributed by atoms with Crippen LogP contribution >= 0.6 is 0 Å². The Hall–Kier alpha value is -0.570. The van der Waals surface area contributed by atoms with E-state index in [4.69, 9.17) is 0 Å². The van der Waals surface area contributed by atoms with Gasteiger partial charge in [-0.3, -0.25) is 4.79 Å². The van der Waals surface area contributed by atoms with Crippen molar-refractivity contribution < 1.29 is 15.0 Å². The highest BCUT2D eigenvalue weighted by Gasteiger charge is 2.53. The van der Waals surface area contributed by atoms with Gasteiger partial charge in [-0.15, -0.1) is 0 Å². The molecule has 106 valence electrons. The normalized spacial score (nSPS) is 31.4. The highest BCUT2D eigenvalue weighted by Crippen LogP contribution is 2.49. The molecule has 0 bridgehead atoms. The monoisotopic (exact) mass is 256 g/mol. The number of hydrogen-bond acceptors (Lipinski definition) is 2. The van der Waals surface area contributed by atoms with Crippen LogP contribution in [0.2, 0.25) is 0 Å². The SMILES string of the molecule is CC(C)C(C(=O)O)C1(O)CCCCC1C(C)(C)C. The van der Waals surface area contributed by atoms with Crippen molar-refractivity contribution in [3.63, 3.8) is 0 Å². The first kappa shape index (κ1) is 15.5. The van der Waals surface area contributed by atoms with Gasteiger partial charge in [0.25, 0.3) is 0 Å². The zero-order valence-corrected chi connectivity index (χ0v) is 12.4. The maximum atomic E-state index is 11.6. The number of rotatable bonds is 3. The summed E-state index contributed by atoms with van der Waals surface area (Å²) in [5.41, 5.74) is -1.12. The molecule has 1 aliphatic carbocycles. The first-order valence-corrected chi connectivity index (χ1v) is 7.06. The van der Waals surface area contributed by atoms with Crippen LogP contribution in [0.25, 0.3) is 0 Å². The molecule has 0 aromatic carbocycles. The van der Waals surface area contributed by atoms with Crippen molar-refractivity contribution in [1.82, 2.24) is 0 Å². The maximum absolute atomic E-state index is 11.6. The molecule has 0 radical (unpaired) electrons. The summed E-state index contributed by atoms with van der Waals surface area (Å²) in [5, 5.41) is 20.6. The summed E-state index contributed by atoms with van der Waals surface area (Å²) in [5.74, 6) is -1.51. The molecule has 3 unspecified atom stereocenters. The molecule has 3 heteroatoms. The summed E-state index contributed by atoms with van der Waals surface area (Å²) in [7, 11) is 0. The number of aliphatic carboxylic acids is 1. The van der Waals surface area contributed by atoms with Crippen LogP contribution in [0.3, 0.4) is 0 Å². The molecular formula is C15H28O3. The fourth-order valence-electron chi connectivity index (χ4n) is 3.81. The summed E-state index contributed by atoms with van der Waals surface area (Å²) in [6.45, 7) is 10.1. The molecule has 2 N–H and O–H groups in total. The highest BCUT2D eigenvalue weighted by atomic mass is 16.4. The predicted octanol–water partition coefficient (Wildman–Crippen LogP) is 3.31. The van der Waals surface area contributed by atoms with Gasteiger partial charge < -0.3 is 10.2 Å². The molecule has 1 aliphatic rings. The lowest BCUT2D eigenvalue weighted by molar-refractivity contribution is -0.175. The van der Waals surface area contributed by atoms with Crippen LogP contribution in [0.4, 0.5) is 0 Å². The van der Waals surface area contributed by atoms with Gasteiger partial charge in [-0.1, -0.05) is 47.5 Å². The van der Waals surface area contributed by atoms with Gasteiger partial charge in [0.1, 0.15) is 0 Å². The van der Waals surface area contributed by atoms with Crippen molar-refractivity contribution >= 4 is 5.97 Å². The van der Waals surface area contributed by atoms with Crippen LogP contribution in [-0.4, -0.2) is 21.8 Å². The summed E-state index contributed by atoms with van der Waals surface area (Å²) in [6, 6.07) is 0. The Morgan fingerprint density at radius 2 is 1.83 bits per heavy atom. The second-order valence-electron chi connectivity index (χ2n) is 7.22. The van der Waals surface area contributed by atoms with Crippen LogP contribution in [0.1, 0.15) is 60.3 Å². The lowest BCUT2D eigenvalue weighted by Gasteiger charge is -2.50. The second kappa shape index (κ2) is 5.20. The van der Waals surface area contributed by atoms with Crippen LogP contribution in [0.5, 0.6) is 0 Å². The van der Waals surface area contributed by atoms with Crippen LogP contribution < -0.4 is 0 Å². The van der Waals surface area contributed by atoms with Crippen molar-refractivity contribution in [2.45, 2.75) is 65.9 Å². The van der Waals surface area contributed by atoms with Crippen molar-refractivity contribution in [2.75, 3.05) is 0 Å². The Kier molecular flexibility index (Phi) is 4.47. The molecular weight excluding hydrogens is 228 g/mol. The average Bonchev–Trinajstić information content (AvgIpc) is 2.13. The first-order valence-electron chi connectivity index (χ1n) is 7.06. The topological polar surface area (TPSA) is 57.5 Å². The molecule has 3 nitrogen and oxygen atoms in total. The van der Waals surface area contributed by atoms with E-state index in [-0.39, 0.29) is 17.3 Å². The smallest absolute Gasteiger partial charge is 0.309 e. The highest BCUT2D eigenvalue weighted by molar-refractivity contribution is 5.72. The van der Waals surface area contributed by atoms with E-state index in [0.717, 1.165) is 19.3 Å². The third-order valence-electron chi connectivity index (χ3n) is 4.44. The fraction of sp³-hybridized carbons (Fsp3) is 0.933. The number of carbonyl (C=O) groups is 1. The molecule has 0 aromatic heterocycles. The largest absolute Gasteiger partial charge is 0.481 e. The van der Waals surface area contributed by atoms with Crippen molar-refractivity contribution in [3.05, 3.63) is 0 Å². The molecule has 0 spiro atoms. The molecule has 1 fully saturated rings. The molecule has 3 atom stereocenters. The molecule has 1 saturated carbocycles. The standard InChI is InChI=1S/C15H28O3/c1-10(2)12(13(16)17)15(18)9-7-6-8-11(15)14(3,4)5/h10-12,18H,6-9H2,1-5H3,(H,16,17). The predicted molar refractivity (Wildman–Crippen MR) is 72.3 cm³/mol. The van der Waals surface area contributed by atoms with Gasteiger partial charge in [-0.05, 0) is 30.1 Å². The zero-order valence-electron chi connectivity index (χ0n) is 12.4. The van der Waals surface area contributed by atoms with Gasteiger partial charge in [0.15, 0.2) is 0 Å². The molecule has 0 amide bonds. The van der Waals surface area contributed by atoms with Crippen LogP contribution in [-0.2, 0) is 4.79 Å². The Balaban J connectivity index is 3.15. The number of aliphatic hydroxyl groups is 1. The number of carboxylic acids is 1. The molecule has 1 rings (SSSR count). The van der Waals surface area contributed by atoms with Gasteiger partial charge >= 0.3 is 5.97 Å². The van der Waals surface area contributed by atoms with Gasteiger partial charge in [0, 0.05) is 0 Å². The van der Waals surface area contributed by atoms with E-state index >= 15 is 0 Å². The van der Waals surface area contributed by atoms with Crippen molar-refractivity contribution in [1.29, 1.82) is 0 Å². The van der Waals surface area contributed by atoms with E-state index in [1.165, 1.54) is 0 Å². The Labute approximate surface area is 111 Å². The molecule has 0 aromatic rings. The summed E-state index contributed by atoms with van der Waals surface area (Å²) in [6.07, 6.45) is 3.56. The molecule has 0 saturated heterocycles. The van der Waals surface area contributed by atoms with E-state index in [1.807, 2.05) is 13.8 Å². The van der Waals surface area contributed by atoms with Gasteiger partial charge in [-0.25, -0.2) is 0 Å². The minimum absolute atomic E-state index is 0.0459. The molecule has 18 heavy (non-hydrogen) atoms. The van der Waals surface area contributed by atoms with Crippen LogP contribution in [0, 0.1) is 23.2 Å². The van der Waals surface area contributed by atoms with Crippen molar-refractivity contribution in [3.8, 4) is 0 Å². The van der Waals surface area contributed by atoms with Gasteiger partial charge in [0.2, 0.25) is 0 Å². The lowest BCUT2D eigenvalue weighted by atomic mass is 9.58. The first-order chi connectivity index (χ1) is 8.10. The van der Waals surface area contributed by atoms with Crippen LogP contribution in [0.15, 0.2) is 0 Å². The second-order valence-corrected chi connectivity index (χ2v) is 7.22. The molecule has 0 heterocycles. The van der Waals surface area contributed by atoms with Gasteiger partial charge in [-0.2, -0.15) is 0 Å². The van der Waals surface area contributed by atoms with Gasteiger partial charge in [0.05, 0.1) is 11.5 Å². The fourth-order valence-corrected chi connectivity index (χ4v) is 3.81. The summed E-state index contributed by atoms with van der Waals surface area (Å²) >= 11 is 0. The summed E-state index contributed by atoms with van der Waals surface area (Å²) < 4.78 is 0. The minimum Gasteiger partial charge on any atom is -0.481 e. The van der Waals surface area contributed by atoms with E-state index in [9.17, 15) is 15.0 Å². The molecule has 0 aliphatic heterocycles. The lowest BCUT2D eigenvalue weighted by Crippen LogP contribution is -2.55. The maximum Gasteiger partial charge on any atom is 0.309 e. The average molecular weight is 256 g/mol.